The highest BCUT2D eigenvalue weighted by Crippen LogP contribution is 2.31. The van der Waals surface area contributed by atoms with Crippen LogP contribution in [0.4, 0.5) is 0 Å². The molecule has 0 spiro atoms. The summed E-state index contributed by atoms with van der Waals surface area (Å²) in [5.41, 5.74) is -0.158. The van der Waals surface area contributed by atoms with E-state index in [1.807, 2.05) is 0 Å². The zero-order valence-corrected chi connectivity index (χ0v) is 10.7. The normalized spacial score (nSPS) is 16.2. The topological polar surface area (TPSA) is 91.8 Å². The van der Waals surface area contributed by atoms with Crippen LogP contribution in [0.3, 0.4) is 0 Å². The zero-order chi connectivity index (χ0) is 14.2. The SMILES string of the molecule is C=CCCN1C(=O)c2ccc(C(=O)O)cc2S1(=O)=O. The first-order valence-electron chi connectivity index (χ1n) is 5.45. The molecule has 0 saturated heterocycles. The van der Waals surface area contributed by atoms with Gasteiger partial charge in [-0.1, -0.05) is 6.08 Å². The number of amides is 1. The average molecular weight is 281 g/mol. The molecule has 1 aromatic carbocycles. The number of fused-ring (bicyclic) bond motifs is 1. The van der Waals surface area contributed by atoms with Gasteiger partial charge in [0.05, 0.1) is 11.1 Å². The lowest BCUT2D eigenvalue weighted by Gasteiger charge is -2.13. The van der Waals surface area contributed by atoms with Crippen LogP contribution in [-0.2, 0) is 10.0 Å². The molecule has 19 heavy (non-hydrogen) atoms. The number of sulfonamides is 1. The van der Waals surface area contributed by atoms with Crippen molar-refractivity contribution < 1.29 is 23.1 Å². The minimum atomic E-state index is -3.95. The van der Waals surface area contributed by atoms with Gasteiger partial charge in [-0.25, -0.2) is 17.5 Å². The summed E-state index contributed by atoms with van der Waals surface area (Å²) in [6.07, 6.45) is 1.85. The van der Waals surface area contributed by atoms with Crippen molar-refractivity contribution in [2.24, 2.45) is 0 Å². The Kier molecular flexibility index (Phi) is 3.15. The third-order valence-electron chi connectivity index (χ3n) is 2.79. The number of hydrogen-bond donors (Lipinski definition) is 1. The Bertz CT molecular complexity index is 677. The standard InChI is InChI=1S/C12H11NO5S/c1-2-3-6-13-11(14)9-5-4-8(12(15)16)7-10(9)19(13,17)18/h2,4-5,7H,1,3,6H2,(H,15,16). The lowest BCUT2D eigenvalue weighted by molar-refractivity contribution is 0.0695. The van der Waals surface area contributed by atoms with E-state index in [4.69, 9.17) is 5.11 Å². The summed E-state index contributed by atoms with van der Waals surface area (Å²) < 4.78 is 25.0. The number of carboxylic acid groups (broad SMARTS) is 1. The molecule has 0 saturated carbocycles. The summed E-state index contributed by atoms with van der Waals surface area (Å²) in [7, 11) is -3.95. The van der Waals surface area contributed by atoms with E-state index in [1.54, 1.807) is 0 Å². The molecule has 0 atom stereocenters. The first-order valence-corrected chi connectivity index (χ1v) is 6.89. The number of carbonyl (C=O) groups is 2. The fourth-order valence-electron chi connectivity index (χ4n) is 1.84. The number of aromatic carboxylic acids is 1. The molecule has 100 valence electrons. The van der Waals surface area contributed by atoms with Crippen LogP contribution < -0.4 is 0 Å². The summed E-state index contributed by atoms with van der Waals surface area (Å²) >= 11 is 0. The maximum Gasteiger partial charge on any atom is 0.335 e. The zero-order valence-electron chi connectivity index (χ0n) is 9.87. The molecule has 0 aromatic heterocycles. The summed E-state index contributed by atoms with van der Waals surface area (Å²) in [4.78, 5) is 22.6. The van der Waals surface area contributed by atoms with Crippen LogP contribution in [0, 0.1) is 0 Å². The fraction of sp³-hybridized carbons (Fsp3) is 0.167. The third-order valence-corrected chi connectivity index (χ3v) is 4.61. The number of carbonyl (C=O) groups excluding carboxylic acids is 1. The number of rotatable bonds is 4. The Morgan fingerprint density at radius 1 is 1.42 bits per heavy atom. The van der Waals surface area contributed by atoms with Gasteiger partial charge >= 0.3 is 5.97 Å². The molecule has 1 heterocycles. The van der Waals surface area contributed by atoms with E-state index >= 15 is 0 Å². The van der Waals surface area contributed by atoms with Gasteiger partial charge in [0.15, 0.2) is 0 Å². The van der Waals surface area contributed by atoms with Gasteiger partial charge in [0.1, 0.15) is 4.90 Å². The predicted octanol–water partition coefficient (Wildman–Crippen LogP) is 1.11. The van der Waals surface area contributed by atoms with Crippen molar-refractivity contribution in [1.82, 2.24) is 4.31 Å². The molecule has 0 radical (unpaired) electrons. The lowest BCUT2D eigenvalue weighted by Crippen LogP contribution is -2.30. The molecule has 2 rings (SSSR count). The van der Waals surface area contributed by atoms with Gasteiger partial charge in [-0.3, -0.25) is 4.79 Å². The van der Waals surface area contributed by atoms with Crippen LogP contribution in [0.15, 0.2) is 35.7 Å². The molecule has 1 N–H and O–H groups in total. The van der Waals surface area contributed by atoms with E-state index in [2.05, 4.69) is 6.58 Å². The molecule has 7 heteroatoms. The highest BCUT2D eigenvalue weighted by molar-refractivity contribution is 7.90. The molecule has 0 unspecified atom stereocenters. The van der Waals surface area contributed by atoms with Gasteiger partial charge < -0.3 is 5.11 Å². The molecule has 0 fully saturated rings. The summed E-state index contributed by atoms with van der Waals surface area (Å²) in [5, 5.41) is 8.85. The second-order valence-electron chi connectivity index (χ2n) is 3.98. The molecular weight excluding hydrogens is 270 g/mol. The van der Waals surface area contributed by atoms with Crippen LogP contribution >= 0.6 is 0 Å². The number of nitrogens with zero attached hydrogens (tertiary/aromatic N) is 1. The minimum absolute atomic E-state index is 0.00174. The minimum Gasteiger partial charge on any atom is -0.478 e. The first kappa shape index (κ1) is 13.3. The largest absolute Gasteiger partial charge is 0.478 e. The van der Waals surface area contributed by atoms with Crippen molar-refractivity contribution in [1.29, 1.82) is 0 Å². The smallest absolute Gasteiger partial charge is 0.335 e. The van der Waals surface area contributed by atoms with Crippen LogP contribution in [0.2, 0.25) is 0 Å². The van der Waals surface area contributed by atoms with Gasteiger partial charge in [-0.15, -0.1) is 6.58 Å². The van der Waals surface area contributed by atoms with Gasteiger partial charge in [-0.05, 0) is 24.6 Å². The monoisotopic (exact) mass is 281 g/mol. The maximum absolute atomic E-state index is 12.2. The van der Waals surface area contributed by atoms with Gasteiger partial charge in [0.25, 0.3) is 15.9 Å². The van der Waals surface area contributed by atoms with E-state index in [9.17, 15) is 18.0 Å². The molecule has 6 nitrogen and oxygen atoms in total. The molecule has 1 amide bonds. The Labute approximate surface area is 110 Å². The summed E-state index contributed by atoms with van der Waals surface area (Å²) in [6.45, 7) is 3.47. The number of hydrogen-bond acceptors (Lipinski definition) is 4. The Morgan fingerprint density at radius 2 is 2.11 bits per heavy atom. The Morgan fingerprint density at radius 3 is 2.68 bits per heavy atom. The van der Waals surface area contributed by atoms with Crippen LogP contribution in [-0.4, -0.2) is 36.3 Å². The van der Waals surface area contributed by atoms with E-state index in [0.29, 0.717) is 6.42 Å². The lowest BCUT2D eigenvalue weighted by atomic mass is 10.1. The molecule has 0 aliphatic carbocycles. The van der Waals surface area contributed by atoms with E-state index < -0.39 is 21.9 Å². The van der Waals surface area contributed by atoms with E-state index in [1.165, 1.54) is 18.2 Å². The van der Waals surface area contributed by atoms with E-state index in [0.717, 1.165) is 10.4 Å². The van der Waals surface area contributed by atoms with Crippen molar-refractivity contribution >= 4 is 21.9 Å². The summed E-state index contributed by atoms with van der Waals surface area (Å²) in [6, 6.07) is 3.46. The van der Waals surface area contributed by atoms with Crippen molar-refractivity contribution in [2.75, 3.05) is 6.54 Å². The van der Waals surface area contributed by atoms with Crippen molar-refractivity contribution in [3.05, 3.63) is 42.0 Å². The molecule has 1 aliphatic heterocycles. The fourth-order valence-corrected chi connectivity index (χ4v) is 3.45. The third kappa shape index (κ3) is 2.01. The van der Waals surface area contributed by atoms with Crippen LogP contribution in [0.25, 0.3) is 0 Å². The van der Waals surface area contributed by atoms with Crippen molar-refractivity contribution in [3.8, 4) is 0 Å². The first-order chi connectivity index (χ1) is 8.89. The highest BCUT2D eigenvalue weighted by atomic mass is 32.2. The van der Waals surface area contributed by atoms with Crippen LogP contribution in [0.5, 0.6) is 0 Å². The molecular formula is C12H11NO5S. The highest BCUT2D eigenvalue weighted by Gasteiger charge is 2.40. The Hall–Kier alpha value is -2.15. The maximum atomic E-state index is 12.2. The van der Waals surface area contributed by atoms with Crippen LogP contribution in [0.1, 0.15) is 27.1 Å². The van der Waals surface area contributed by atoms with Crippen molar-refractivity contribution in [2.45, 2.75) is 11.3 Å². The Balaban J connectivity index is 2.54. The quantitative estimate of drug-likeness (QED) is 0.834. The average Bonchev–Trinajstić information content (AvgIpc) is 2.55. The van der Waals surface area contributed by atoms with Gasteiger partial charge in [0, 0.05) is 6.54 Å². The number of benzene rings is 1. The summed E-state index contributed by atoms with van der Waals surface area (Å²) in [5.74, 6) is -1.87. The molecule has 1 aromatic rings. The predicted molar refractivity (Wildman–Crippen MR) is 66.4 cm³/mol. The second-order valence-corrected chi connectivity index (χ2v) is 5.81. The molecule has 1 aliphatic rings. The molecule has 0 bridgehead atoms. The number of carboxylic acids is 1. The van der Waals surface area contributed by atoms with Gasteiger partial charge in [-0.2, -0.15) is 0 Å². The second kappa shape index (κ2) is 4.51. The van der Waals surface area contributed by atoms with E-state index in [-0.39, 0.29) is 22.6 Å². The van der Waals surface area contributed by atoms with Gasteiger partial charge in [0.2, 0.25) is 0 Å². The van der Waals surface area contributed by atoms with Crippen molar-refractivity contribution in [3.63, 3.8) is 0 Å².